The summed E-state index contributed by atoms with van der Waals surface area (Å²) in [5.41, 5.74) is 1.48. The molecule has 20 heavy (non-hydrogen) atoms. The van der Waals surface area contributed by atoms with Crippen LogP contribution in [0.2, 0.25) is 5.15 Å². The molecule has 100 valence electrons. The lowest BCUT2D eigenvalue weighted by molar-refractivity contribution is 0.418. The summed E-state index contributed by atoms with van der Waals surface area (Å²) in [6.07, 6.45) is 3.40. The van der Waals surface area contributed by atoms with Gasteiger partial charge in [0.2, 0.25) is 0 Å². The highest BCUT2D eigenvalue weighted by Gasteiger charge is 2.13. The Morgan fingerprint density at radius 3 is 2.80 bits per heavy atom. The van der Waals surface area contributed by atoms with Crippen LogP contribution in [0.25, 0.3) is 22.3 Å². The van der Waals surface area contributed by atoms with E-state index in [-0.39, 0.29) is 0 Å². The molecule has 0 saturated heterocycles. The molecule has 0 atom stereocenters. The first-order valence-electron chi connectivity index (χ1n) is 5.80. The lowest BCUT2D eigenvalue weighted by Gasteiger charge is -2.09. The number of fused-ring (bicyclic) bond motifs is 1. The number of halogens is 2. The zero-order chi connectivity index (χ0) is 14.1. The highest BCUT2D eigenvalue weighted by Crippen LogP contribution is 2.33. The molecule has 4 nitrogen and oxygen atoms in total. The summed E-state index contributed by atoms with van der Waals surface area (Å²) in [5.74, 6) is 1.17. The molecule has 2 heterocycles. The Bertz CT molecular complexity index is 780. The molecule has 2 aromatic heterocycles. The summed E-state index contributed by atoms with van der Waals surface area (Å²) in [7, 11) is 1.60. The van der Waals surface area contributed by atoms with Crippen molar-refractivity contribution in [1.29, 1.82) is 0 Å². The van der Waals surface area contributed by atoms with Crippen LogP contribution in [-0.2, 0) is 0 Å². The van der Waals surface area contributed by atoms with Crippen molar-refractivity contribution < 1.29 is 4.74 Å². The second-order valence-electron chi connectivity index (χ2n) is 4.08. The number of ether oxygens (including phenoxy) is 1. The third-order valence-corrected chi connectivity index (χ3v) is 3.57. The van der Waals surface area contributed by atoms with Crippen molar-refractivity contribution in [2.45, 2.75) is 0 Å². The van der Waals surface area contributed by atoms with E-state index in [2.05, 4.69) is 30.9 Å². The van der Waals surface area contributed by atoms with Gasteiger partial charge in [0.1, 0.15) is 16.4 Å². The van der Waals surface area contributed by atoms with Gasteiger partial charge in [-0.1, -0.05) is 27.5 Å². The second-order valence-corrected chi connectivity index (χ2v) is 5.36. The average molecular weight is 351 g/mol. The maximum Gasteiger partial charge on any atom is 0.163 e. The van der Waals surface area contributed by atoms with Crippen molar-refractivity contribution >= 4 is 38.4 Å². The molecule has 0 fully saturated rings. The molecule has 0 aliphatic heterocycles. The van der Waals surface area contributed by atoms with Gasteiger partial charge in [-0.15, -0.1) is 0 Å². The summed E-state index contributed by atoms with van der Waals surface area (Å²) < 4.78 is 6.22. The molecule has 0 spiro atoms. The first kappa shape index (κ1) is 13.3. The number of nitrogens with zero attached hydrogens (tertiary/aromatic N) is 3. The van der Waals surface area contributed by atoms with E-state index in [0.29, 0.717) is 22.2 Å². The standard InChI is InChI=1S/C14H9BrClN3O/c1-20-11-6-9(15)5-10-12(11)18-14(19-13(10)16)8-3-2-4-17-7-8/h2-7H,1H3. The first-order valence-corrected chi connectivity index (χ1v) is 6.97. The lowest BCUT2D eigenvalue weighted by Crippen LogP contribution is -1.95. The van der Waals surface area contributed by atoms with Crippen molar-refractivity contribution in [3.05, 3.63) is 46.3 Å². The molecule has 0 N–H and O–H groups in total. The van der Waals surface area contributed by atoms with E-state index in [1.807, 2.05) is 24.3 Å². The Morgan fingerprint density at radius 1 is 1.25 bits per heavy atom. The molecule has 0 unspecified atom stereocenters. The van der Waals surface area contributed by atoms with Gasteiger partial charge in [-0.2, -0.15) is 0 Å². The van der Waals surface area contributed by atoms with Gasteiger partial charge in [0.05, 0.1) is 7.11 Å². The van der Waals surface area contributed by atoms with Crippen molar-refractivity contribution in [3.63, 3.8) is 0 Å². The zero-order valence-corrected chi connectivity index (χ0v) is 12.8. The summed E-state index contributed by atoms with van der Waals surface area (Å²) >= 11 is 9.68. The minimum Gasteiger partial charge on any atom is -0.494 e. The van der Waals surface area contributed by atoms with E-state index >= 15 is 0 Å². The van der Waals surface area contributed by atoms with E-state index in [9.17, 15) is 0 Å². The fourth-order valence-corrected chi connectivity index (χ4v) is 2.57. The van der Waals surface area contributed by atoms with Crippen molar-refractivity contribution in [2.75, 3.05) is 7.11 Å². The van der Waals surface area contributed by atoms with Gasteiger partial charge >= 0.3 is 0 Å². The number of rotatable bonds is 2. The van der Waals surface area contributed by atoms with Crippen LogP contribution in [0.3, 0.4) is 0 Å². The lowest BCUT2D eigenvalue weighted by atomic mass is 10.2. The highest BCUT2D eigenvalue weighted by molar-refractivity contribution is 9.10. The zero-order valence-electron chi connectivity index (χ0n) is 10.5. The molecule has 3 rings (SSSR count). The smallest absolute Gasteiger partial charge is 0.163 e. The molecule has 0 aliphatic rings. The molecular weight excluding hydrogens is 342 g/mol. The Morgan fingerprint density at radius 2 is 2.10 bits per heavy atom. The number of benzene rings is 1. The Hall–Kier alpha value is -1.72. The maximum atomic E-state index is 6.27. The molecule has 0 saturated carbocycles. The van der Waals surface area contributed by atoms with Crippen LogP contribution >= 0.6 is 27.5 Å². The molecular formula is C14H9BrClN3O. The monoisotopic (exact) mass is 349 g/mol. The van der Waals surface area contributed by atoms with Gasteiger partial charge in [0.25, 0.3) is 0 Å². The fraction of sp³-hybridized carbons (Fsp3) is 0.0714. The Labute approximate surface area is 128 Å². The average Bonchev–Trinajstić information content (AvgIpc) is 2.48. The SMILES string of the molecule is COc1cc(Br)cc2c(Cl)nc(-c3cccnc3)nc12. The van der Waals surface area contributed by atoms with Crippen LogP contribution in [0.1, 0.15) is 0 Å². The van der Waals surface area contributed by atoms with E-state index < -0.39 is 0 Å². The topological polar surface area (TPSA) is 47.9 Å². The summed E-state index contributed by atoms with van der Waals surface area (Å²) in [6.45, 7) is 0. The normalized spacial score (nSPS) is 10.8. The third kappa shape index (κ3) is 2.34. The molecule has 6 heteroatoms. The van der Waals surface area contributed by atoms with Gasteiger partial charge in [-0.05, 0) is 24.3 Å². The van der Waals surface area contributed by atoms with Crippen LogP contribution < -0.4 is 4.74 Å². The first-order chi connectivity index (χ1) is 9.69. The molecule has 0 amide bonds. The minimum atomic E-state index is 0.383. The second kappa shape index (κ2) is 5.34. The maximum absolute atomic E-state index is 6.27. The summed E-state index contributed by atoms with van der Waals surface area (Å²) in [4.78, 5) is 12.9. The van der Waals surface area contributed by atoms with E-state index in [0.717, 1.165) is 15.4 Å². The molecule has 0 aliphatic carbocycles. The predicted molar refractivity (Wildman–Crippen MR) is 82.0 cm³/mol. The quantitative estimate of drug-likeness (QED) is 0.652. The molecule has 0 radical (unpaired) electrons. The highest BCUT2D eigenvalue weighted by atomic mass is 79.9. The fourth-order valence-electron chi connectivity index (χ4n) is 1.91. The van der Waals surface area contributed by atoms with Crippen LogP contribution in [0.4, 0.5) is 0 Å². The van der Waals surface area contributed by atoms with Gasteiger partial charge < -0.3 is 4.74 Å². The number of hydrogen-bond acceptors (Lipinski definition) is 4. The van der Waals surface area contributed by atoms with Crippen LogP contribution in [-0.4, -0.2) is 22.1 Å². The molecule has 0 bridgehead atoms. The van der Waals surface area contributed by atoms with Gasteiger partial charge in [-0.3, -0.25) is 4.98 Å². The summed E-state index contributed by atoms with van der Waals surface area (Å²) in [6, 6.07) is 7.43. The minimum absolute atomic E-state index is 0.383. The summed E-state index contributed by atoms with van der Waals surface area (Å²) in [5, 5.41) is 1.12. The van der Waals surface area contributed by atoms with Crippen LogP contribution in [0.15, 0.2) is 41.1 Å². The van der Waals surface area contributed by atoms with Crippen molar-refractivity contribution in [1.82, 2.24) is 15.0 Å². The van der Waals surface area contributed by atoms with Crippen LogP contribution in [0, 0.1) is 0 Å². The number of methoxy groups -OCH3 is 1. The van der Waals surface area contributed by atoms with Gasteiger partial charge in [0, 0.05) is 27.8 Å². The Kier molecular flexibility index (Phi) is 3.54. The Balaban J connectivity index is 2.31. The van der Waals surface area contributed by atoms with Crippen LogP contribution in [0.5, 0.6) is 5.75 Å². The van der Waals surface area contributed by atoms with E-state index in [1.54, 1.807) is 19.5 Å². The third-order valence-electron chi connectivity index (χ3n) is 2.82. The van der Waals surface area contributed by atoms with Gasteiger partial charge in [-0.25, -0.2) is 9.97 Å². The van der Waals surface area contributed by atoms with E-state index in [1.165, 1.54) is 0 Å². The predicted octanol–water partition coefficient (Wildman–Crippen LogP) is 4.12. The number of hydrogen-bond donors (Lipinski definition) is 0. The largest absolute Gasteiger partial charge is 0.494 e. The molecule has 3 aromatic rings. The number of pyridine rings is 1. The van der Waals surface area contributed by atoms with Crippen molar-refractivity contribution in [2.24, 2.45) is 0 Å². The van der Waals surface area contributed by atoms with E-state index in [4.69, 9.17) is 16.3 Å². The number of aromatic nitrogens is 3. The van der Waals surface area contributed by atoms with Crippen molar-refractivity contribution in [3.8, 4) is 17.1 Å². The molecule has 1 aromatic carbocycles. The van der Waals surface area contributed by atoms with Gasteiger partial charge in [0.15, 0.2) is 5.82 Å².